The molecular formula is C15H24O. The van der Waals surface area contributed by atoms with Crippen molar-refractivity contribution in [2.24, 2.45) is 23.7 Å². The van der Waals surface area contributed by atoms with Gasteiger partial charge in [-0.25, -0.2) is 0 Å². The molecule has 0 radical (unpaired) electrons. The van der Waals surface area contributed by atoms with Crippen LogP contribution in [0.4, 0.5) is 0 Å². The Hall–Kier alpha value is -0.560. The molecule has 0 aromatic heterocycles. The maximum absolute atomic E-state index is 9.37. The second-order valence-electron chi connectivity index (χ2n) is 5.74. The second kappa shape index (κ2) is 4.75. The van der Waals surface area contributed by atoms with Gasteiger partial charge in [0.15, 0.2) is 0 Å². The zero-order chi connectivity index (χ0) is 11.7. The van der Waals surface area contributed by atoms with E-state index in [2.05, 4.69) is 32.9 Å². The third kappa shape index (κ3) is 2.10. The monoisotopic (exact) mass is 220 g/mol. The zero-order valence-corrected chi connectivity index (χ0v) is 10.7. The highest BCUT2D eigenvalue weighted by Crippen LogP contribution is 2.45. The van der Waals surface area contributed by atoms with Crippen molar-refractivity contribution >= 4 is 0 Å². The number of rotatable bonds is 2. The van der Waals surface area contributed by atoms with Crippen LogP contribution in [0.5, 0.6) is 0 Å². The molecule has 4 atom stereocenters. The van der Waals surface area contributed by atoms with Crippen molar-refractivity contribution in [3.63, 3.8) is 0 Å². The van der Waals surface area contributed by atoms with Gasteiger partial charge in [-0.3, -0.25) is 0 Å². The smallest absolute Gasteiger partial charge is 0.0459 e. The lowest BCUT2D eigenvalue weighted by molar-refractivity contribution is 0.133. The quantitative estimate of drug-likeness (QED) is 0.706. The van der Waals surface area contributed by atoms with E-state index in [4.69, 9.17) is 0 Å². The third-order valence-electron chi connectivity index (χ3n) is 4.60. The van der Waals surface area contributed by atoms with Gasteiger partial charge in [0.05, 0.1) is 0 Å². The van der Waals surface area contributed by atoms with E-state index in [1.54, 1.807) is 11.1 Å². The number of hydrogen-bond donors (Lipinski definition) is 1. The fraction of sp³-hybridized carbons (Fsp3) is 0.733. The molecule has 1 N–H and O–H groups in total. The van der Waals surface area contributed by atoms with E-state index in [0.29, 0.717) is 24.4 Å². The summed E-state index contributed by atoms with van der Waals surface area (Å²) in [5.74, 6) is 2.50. The molecule has 0 fully saturated rings. The molecule has 1 heteroatoms. The maximum atomic E-state index is 9.37. The average Bonchev–Trinajstić information content (AvgIpc) is 2.28. The van der Waals surface area contributed by atoms with Crippen LogP contribution in [-0.2, 0) is 0 Å². The Kier molecular flexibility index (Phi) is 3.53. The number of fused-ring (bicyclic) bond motifs is 1. The molecule has 2 aliphatic rings. The van der Waals surface area contributed by atoms with Crippen molar-refractivity contribution < 1.29 is 5.11 Å². The van der Waals surface area contributed by atoms with E-state index in [-0.39, 0.29) is 0 Å². The lowest BCUT2D eigenvalue weighted by atomic mass is 9.64. The van der Waals surface area contributed by atoms with Gasteiger partial charge in [-0.2, -0.15) is 0 Å². The molecule has 0 spiro atoms. The van der Waals surface area contributed by atoms with E-state index in [1.165, 1.54) is 12.8 Å². The van der Waals surface area contributed by atoms with Gasteiger partial charge in [0, 0.05) is 6.61 Å². The predicted octanol–water partition coefficient (Wildman–Crippen LogP) is 3.55. The van der Waals surface area contributed by atoms with Crippen molar-refractivity contribution in [3.8, 4) is 0 Å². The highest BCUT2D eigenvalue weighted by atomic mass is 16.3. The second-order valence-corrected chi connectivity index (χ2v) is 5.74. The van der Waals surface area contributed by atoms with Crippen LogP contribution in [0.1, 0.15) is 40.0 Å². The van der Waals surface area contributed by atoms with Gasteiger partial charge in [-0.1, -0.05) is 30.2 Å². The van der Waals surface area contributed by atoms with E-state index >= 15 is 0 Å². The minimum Gasteiger partial charge on any atom is -0.396 e. The molecule has 0 aromatic rings. The summed E-state index contributed by atoms with van der Waals surface area (Å²) >= 11 is 0. The summed E-state index contributed by atoms with van der Waals surface area (Å²) in [6.45, 7) is 7.05. The molecular weight excluding hydrogens is 196 g/mol. The minimum absolute atomic E-state index is 0.327. The lowest BCUT2D eigenvalue weighted by Crippen LogP contribution is -2.33. The highest BCUT2D eigenvalue weighted by Gasteiger charge is 2.36. The first-order valence-corrected chi connectivity index (χ1v) is 6.58. The van der Waals surface area contributed by atoms with E-state index in [1.807, 2.05) is 0 Å². The number of hydrogen-bond acceptors (Lipinski definition) is 1. The maximum Gasteiger partial charge on any atom is 0.0459 e. The Morgan fingerprint density at radius 1 is 1.44 bits per heavy atom. The standard InChI is InChI=1S/C15H24O/c1-10-4-6-13-11(2)5-7-14(12(3)9-16)15(13)8-10/h5,8,12-16H,4,6-7,9H2,1-3H3/t12?,13?,14-,15?/m0/s1. The minimum atomic E-state index is 0.327. The van der Waals surface area contributed by atoms with Crippen molar-refractivity contribution in [1.29, 1.82) is 0 Å². The topological polar surface area (TPSA) is 20.2 Å². The molecule has 0 bridgehead atoms. The number of allylic oxidation sites excluding steroid dienone is 4. The third-order valence-corrected chi connectivity index (χ3v) is 4.60. The Morgan fingerprint density at radius 3 is 2.88 bits per heavy atom. The van der Waals surface area contributed by atoms with E-state index in [0.717, 1.165) is 12.3 Å². The van der Waals surface area contributed by atoms with Crippen LogP contribution >= 0.6 is 0 Å². The molecule has 0 heterocycles. The van der Waals surface area contributed by atoms with Gasteiger partial charge in [0.2, 0.25) is 0 Å². The Bertz CT molecular complexity index is 313. The fourth-order valence-corrected chi connectivity index (χ4v) is 3.43. The summed E-state index contributed by atoms with van der Waals surface area (Å²) in [5, 5.41) is 9.37. The Balaban J connectivity index is 2.25. The van der Waals surface area contributed by atoms with Crippen molar-refractivity contribution in [3.05, 3.63) is 23.3 Å². The summed E-state index contributed by atoms with van der Waals surface area (Å²) in [7, 11) is 0. The van der Waals surface area contributed by atoms with Crippen LogP contribution < -0.4 is 0 Å². The van der Waals surface area contributed by atoms with Crippen molar-refractivity contribution in [2.45, 2.75) is 40.0 Å². The molecule has 90 valence electrons. The van der Waals surface area contributed by atoms with Gasteiger partial charge < -0.3 is 5.11 Å². The van der Waals surface area contributed by atoms with Gasteiger partial charge in [-0.05, 0) is 56.8 Å². The van der Waals surface area contributed by atoms with Crippen LogP contribution in [0.2, 0.25) is 0 Å². The van der Waals surface area contributed by atoms with Gasteiger partial charge in [-0.15, -0.1) is 0 Å². The summed E-state index contributed by atoms with van der Waals surface area (Å²) in [6.07, 6.45) is 8.61. The van der Waals surface area contributed by atoms with Crippen LogP contribution in [0.25, 0.3) is 0 Å². The Morgan fingerprint density at radius 2 is 2.19 bits per heavy atom. The SMILES string of the molecule is CC1=CC2C(CC1)C(C)=CC[C@H]2C(C)CO. The largest absolute Gasteiger partial charge is 0.396 e. The molecule has 0 aliphatic heterocycles. The van der Waals surface area contributed by atoms with Crippen LogP contribution in [0, 0.1) is 23.7 Å². The van der Waals surface area contributed by atoms with Crippen LogP contribution in [0.15, 0.2) is 23.3 Å². The molecule has 3 unspecified atom stereocenters. The number of aliphatic hydroxyl groups is 1. The predicted molar refractivity (Wildman–Crippen MR) is 68.1 cm³/mol. The van der Waals surface area contributed by atoms with E-state index < -0.39 is 0 Å². The first-order chi connectivity index (χ1) is 7.63. The lowest BCUT2D eigenvalue weighted by Gasteiger charge is -2.41. The summed E-state index contributed by atoms with van der Waals surface area (Å²) in [5.41, 5.74) is 3.13. The van der Waals surface area contributed by atoms with Crippen LogP contribution in [0.3, 0.4) is 0 Å². The Labute approximate surface area is 99.3 Å². The zero-order valence-electron chi connectivity index (χ0n) is 10.7. The van der Waals surface area contributed by atoms with Gasteiger partial charge in [0.25, 0.3) is 0 Å². The van der Waals surface area contributed by atoms with Crippen LogP contribution in [-0.4, -0.2) is 11.7 Å². The molecule has 1 nitrogen and oxygen atoms in total. The average molecular weight is 220 g/mol. The van der Waals surface area contributed by atoms with Crippen molar-refractivity contribution in [2.75, 3.05) is 6.61 Å². The fourth-order valence-electron chi connectivity index (χ4n) is 3.43. The summed E-state index contributed by atoms with van der Waals surface area (Å²) in [6, 6.07) is 0. The summed E-state index contributed by atoms with van der Waals surface area (Å²) in [4.78, 5) is 0. The summed E-state index contributed by atoms with van der Waals surface area (Å²) < 4.78 is 0. The highest BCUT2D eigenvalue weighted by molar-refractivity contribution is 5.21. The first kappa shape index (κ1) is 11.9. The van der Waals surface area contributed by atoms with Gasteiger partial charge in [0.1, 0.15) is 0 Å². The molecule has 0 aromatic carbocycles. The molecule has 0 amide bonds. The molecule has 0 saturated carbocycles. The first-order valence-electron chi connectivity index (χ1n) is 6.58. The normalized spacial score (nSPS) is 36.1. The molecule has 2 rings (SSSR count). The van der Waals surface area contributed by atoms with E-state index in [9.17, 15) is 5.11 Å². The molecule has 0 saturated heterocycles. The van der Waals surface area contributed by atoms with Gasteiger partial charge >= 0.3 is 0 Å². The molecule has 2 aliphatic carbocycles. The molecule has 16 heavy (non-hydrogen) atoms. The number of aliphatic hydroxyl groups excluding tert-OH is 1. The van der Waals surface area contributed by atoms with Crippen molar-refractivity contribution in [1.82, 2.24) is 0 Å².